The van der Waals surface area contributed by atoms with Gasteiger partial charge in [0.1, 0.15) is 0 Å². The van der Waals surface area contributed by atoms with E-state index < -0.39 is 12.0 Å². The summed E-state index contributed by atoms with van der Waals surface area (Å²) in [6, 6.07) is 6.73. The highest BCUT2D eigenvalue weighted by molar-refractivity contribution is 5.93. The molecule has 106 valence electrons. The van der Waals surface area contributed by atoms with Gasteiger partial charge in [-0.3, -0.25) is 4.79 Å². The number of rotatable bonds is 9. The maximum Gasteiger partial charge on any atom is 0.248 e. The fourth-order valence-corrected chi connectivity index (χ4v) is 1.41. The molecule has 19 heavy (non-hydrogen) atoms. The molecule has 0 fully saturated rings. The highest BCUT2D eigenvalue weighted by Gasteiger charge is 2.04. The largest absolute Gasteiger partial charge is 0.389 e. The maximum atomic E-state index is 10.9. The predicted octanol–water partition coefficient (Wildman–Crippen LogP) is 0.221. The number of amides is 1. The molecular weight excluding hydrogens is 248 g/mol. The molecule has 4 N–H and O–H groups in total. The van der Waals surface area contributed by atoms with E-state index in [0.29, 0.717) is 25.3 Å². The Morgan fingerprint density at radius 3 is 2.63 bits per heavy atom. The van der Waals surface area contributed by atoms with Crippen molar-refractivity contribution >= 4 is 11.6 Å². The third-order valence-electron chi connectivity index (χ3n) is 2.45. The van der Waals surface area contributed by atoms with Crippen LogP contribution in [0.2, 0.25) is 0 Å². The van der Waals surface area contributed by atoms with Crippen molar-refractivity contribution in [2.24, 2.45) is 5.73 Å². The summed E-state index contributed by atoms with van der Waals surface area (Å²) in [5.74, 6) is -0.460. The van der Waals surface area contributed by atoms with Gasteiger partial charge in [-0.1, -0.05) is 0 Å². The number of anilines is 1. The lowest BCUT2D eigenvalue weighted by atomic mass is 10.2. The van der Waals surface area contributed by atoms with Crippen LogP contribution >= 0.6 is 0 Å². The van der Waals surface area contributed by atoms with Gasteiger partial charge in [-0.15, -0.1) is 0 Å². The number of primary amides is 1. The number of hydrogen-bond donors (Lipinski definition) is 3. The van der Waals surface area contributed by atoms with Crippen molar-refractivity contribution in [3.63, 3.8) is 0 Å². The van der Waals surface area contributed by atoms with Gasteiger partial charge >= 0.3 is 0 Å². The van der Waals surface area contributed by atoms with E-state index in [1.807, 2.05) is 0 Å². The number of aliphatic hydroxyl groups is 1. The second-order valence-corrected chi connectivity index (χ2v) is 4.04. The van der Waals surface area contributed by atoms with Gasteiger partial charge in [-0.05, 0) is 24.3 Å². The molecule has 1 aromatic rings. The van der Waals surface area contributed by atoms with Crippen molar-refractivity contribution in [2.45, 2.75) is 6.10 Å². The molecule has 1 atom stereocenters. The van der Waals surface area contributed by atoms with Gasteiger partial charge in [-0.25, -0.2) is 0 Å². The van der Waals surface area contributed by atoms with E-state index in [2.05, 4.69) is 5.32 Å². The predicted molar refractivity (Wildman–Crippen MR) is 72.2 cm³/mol. The molecule has 0 spiro atoms. The number of nitrogens with one attached hydrogen (secondary N) is 1. The molecule has 0 bridgehead atoms. The standard InChI is InChI=1S/C13H20N2O4/c1-18-6-7-19-9-12(16)8-15-11-4-2-10(3-5-11)13(14)17/h2-5,12,15-16H,6-9H2,1H3,(H2,14,17). The molecule has 0 saturated carbocycles. The average Bonchev–Trinajstić information content (AvgIpc) is 2.42. The van der Waals surface area contributed by atoms with Gasteiger partial charge in [-0.2, -0.15) is 0 Å². The summed E-state index contributed by atoms with van der Waals surface area (Å²) in [6.45, 7) is 1.58. The Kier molecular flexibility index (Phi) is 6.88. The van der Waals surface area contributed by atoms with Crippen molar-refractivity contribution in [2.75, 3.05) is 38.8 Å². The zero-order valence-electron chi connectivity index (χ0n) is 11.0. The smallest absolute Gasteiger partial charge is 0.248 e. The molecule has 1 unspecified atom stereocenters. The van der Waals surface area contributed by atoms with E-state index in [1.54, 1.807) is 31.4 Å². The molecule has 6 nitrogen and oxygen atoms in total. The lowest BCUT2D eigenvalue weighted by Gasteiger charge is -2.13. The van der Waals surface area contributed by atoms with Gasteiger partial charge in [0.05, 0.1) is 25.9 Å². The molecule has 1 aromatic carbocycles. The van der Waals surface area contributed by atoms with Crippen molar-refractivity contribution < 1.29 is 19.4 Å². The van der Waals surface area contributed by atoms with Crippen LogP contribution < -0.4 is 11.1 Å². The Labute approximate surface area is 112 Å². The summed E-state index contributed by atoms with van der Waals surface area (Å²) < 4.78 is 10.0. The summed E-state index contributed by atoms with van der Waals surface area (Å²) in [4.78, 5) is 10.9. The number of aliphatic hydroxyl groups excluding tert-OH is 1. The third-order valence-corrected chi connectivity index (χ3v) is 2.45. The Morgan fingerprint density at radius 2 is 2.05 bits per heavy atom. The Bertz CT molecular complexity index is 381. The van der Waals surface area contributed by atoms with Crippen LogP contribution in [0.4, 0.5) is 5.69 Å². The number of ether oxygens (including phenoxy) is 2. The molecule has 1 rings (SSSR count). The first-order chi connectivity index (χ1) is 9.13. The Balaban J connectivity index is 2.25. The minimum atomic E-state index is -0.604. The molecule has 0 radical (unpaired) electrons. The minimum Gasteiger partial charge on any atom is -0.389 e. The molecule has 0 aliphatic heterocycles. The van der Waals surface area contributed by atoms with Gasteiger partial charge in [0.15, 0.2) is 0 Å². The van der Waals surface area contributed by atoms with Crippen molar-refractivity contribution in [3.05, 3.63) is 29.8 Å². The summed E-state index contributed by atoms with van der Waals surface area (Å²) in [7, 11) is 1.59. The zero-order chi connectivity index (χ0) is 14.1. The van der Waals surface area contributed by atoms with Crippen LogP contribution in [0.5, 0.6) is 0 Å². The first-order valence-electron chi connectivity index (χ1n) is 6.02. The fourth-order valence-electron chi connectivity index (χ4n) is 1.41. The number of hydrogen-bond acceptors (Lipinski definition) is 5. The summed E-state index contributed by atoms with van der Waals surface area (Å²) >= 11 is 0. The lowest BCUT2D eigenvalue weighted by Crippen LogP contribution is -2.25. The van der Waals surface area contributed by atoms with Crippen LogP contribution in [0, 0.1) is 0 Å². The highest BCUT2D eigenvalue weighted by Crippen LogP contribution is 2.09. The Hall–Kier alpha value is -1.63. The van der Waals surface area contributed by atoms with Gasteiger partial charge in [0.25, 0.3) is 0 Å². The molecular formula is C13H20N2O4. The van der Waals surface area contributed by atoms with Crippen LogP contribution in [-0.4, -0.2) is 50.6 Å². The second kappa shape index (κ2) is 8.47. The van der Waals surface area contributed by atoms with E-state index in [0.717, 1.165) is 5.69 Å². The van der Waals surface area contributed by atoms with E-state index in [9.17, 15) is 9.90 Å². The molecule has 0 saturated heterocycles. The summed E-state index contributed by atoms with van der Waals surface area (Å²) in [5, 5.41) is 12.7. The van der Waals surface area contributed by atoms with E-state index >= 15 is 0 Å². The molecule has 0 aliphatic rings. The number of methoxy groups -OCH3 is 1. The van der Waals surface area contributed by atoms with Crippen LogP contribution in [0.15, 0.2) is 24.3 Å². The van der Waals surface area contributed by atoms with Crippen molar-refractivity contribution in [3.8, 4) is 0 Å². The van der Waals surface area contributed by atoms with E-state index in [1.165, 1.54) is 0 Å². The minimum absolute atomic E-state index is 0.246. The quantitative estimate of drug-likeness (QED) is 0.557. The molecule has 0 heterocycles. The van der Waals surface area contributed by atoms with Crippen LogP contribution in [0.25, 0.3) is 0 Å². The number of carbonyl (C=O) groups is 1. The van der Waals surface area contributed by atoms with Gasteiger partial charge < -0.3 is 25.6 Å². The molecule has 0 aromatic heterocycles. The fraction of sp³-hybridized carbons (Fsp3) is 0.462. The lowest BCUT2D eigenvalue weighted by molar-refractivity contribution is 0.0182. The van der Waals surface area contributed by atoms with Crippen LogP contribution in [0.1, 0.15) is 10.4 Å². The maximum absolute atomic E-state index is 10.9. The third kappa shape index (κ3) is 6.19. The van der Waals surface area contributed by atoms with E-state index in [-0.39, 0.29) is 6.61 Å². The van der Waals surface area contributed by atoms with Crippen molar-refractivity contribution in [1.29, 1.82) is 0 Å². The molecule has 0 aliphatic carbocycles. The van der Waals surface area contributed by atoms with Crippen molar-refractivity contribution in [1.82, 2.24) is 0 Å². The summed E-state index contributed by atoms with van der Waals surface area (Å²) in [5.41, 5.74) is 6.40. The monoisotopic (exact) mass is 268 g/mol. The number of benzene rings is 1. The highest BCUT2D eigenvalue weighted by atomic mass is 16.5. The van der Waals surface area contributed by atoms with E-state index in [4.69, 9.17) is 15.2 Å². The Morgan fingerprint density at radius 1 is 1.37 bits per heavy atom. The first-order valence-corrected chi connectivity index (χ1v) is 6.02. The van der Waals surface area contributed by atoms with Gasteiger partial charge in [0, 0.05) is 24.9 Å². The summed E-state index contributed by atoms with van der Waals surface area (Å²) in [6.07, 6.45) is -0.604. The SMILES string of the molecule is COCCOCC(O)CNc1ccc(C(N)=O)cc1. The molecule has 1 amide bonds. The topological polar surface area (TPSA) is 93.8 Å². The molecule has 6 heteroatoms. The first kappa shape index (κ1) is 15.4. The van der Waals surface area contributed by atoms with Crippen LogP contribution in [0.3, 0.4) is 0 Å². The average molecular weight is 268 g/mol. The zero-order valence-corrected chi connectivity index (χ0v) is 11.0. The second-order valence-electron chi connectivity index (χ2n) is 4.04. The number of carbonyl (C=O) groups excluding carboxylic acids is 1. The number of nitrogens with two attached hydrogens (primary N) is 1. The van der Waals surface area contributed by atoms with Crippen LogP contribution in [-0.2, 0) is 9.47 Å². The van der Waals surface area contributed by atoms with Gasteiger partial charge in [0.2, 0.25) is 5.91 Å². The normalized spacial score (nSPS) is 12.1.